The Morgan fingerprint density at radius 1 is 1.10 bits per heavy atom. The van der Waals surface area contributed by atoms with Crippen molar-refractivity contribution in [3.05, 3.63) is 59.4 Å². The summed E-state index contributed by atoms with van der Waals surface area (Å²) in [4.78, 5) is 14.7. The number of alkyl halides is 3. The van der Waals surface area contributed by atoms with E-state index in [-0.39, 0.29) is 11.3 Å². The number of hydrogen-bond acceptors (Lipinski definition) is 1. The van der Waals surface area contributed by atoms with Crippen LogP contribution in [-0.2, 0) is 24.1 Å². The molecule has 0 bridgehead atoms. The Labute approximate surface area is 171 Å². The van der Waals surface area contributed by atoms with E-state index >= 15 is 0 Å². The number of benzene rings is 1. The van der Waals surface area contributed by atoms with E-state index in [0.717, 1.165) is 24.6 Å². The van der Waals surface area contributed by atoms with Crippen molar-refractivity contribution in [3.8, 4) is 0 Å². The molecule has 0 N–H and O–H groups in total. The van der Waals surface area contributed by atoms with Gasteiger partial charge < -0.3 is 9.47 Å². The molecule has 0 saturated carbocycles. The van der Waals surface area contributed by atoms with E-state index in [1.165, 1.54) is 12.1 Å². The van der Waals surface area contributed by atoms with Gasteiger partial charge in [0.2, 0.25) is 5.91 Å². The third-order valence-corrected chi connectivity index (χ3v) is 4.70. The second kappa shape index (κ2) is 9.51. The molecular weight excluding hydrogens is 377 g/mol. The van der Waals surface area contributed by atoms with Crippen LogP contribution in [0.4, 0.5) is 13.2 Å². The Morgan fingerprint density at radius 2 is 1.83 bits per heavy atom. The highest BCUT2D eigenvalue weighted by atomic mass is 19.4. The predicted molar refractivity (Wildman–Crippen MR) is 109 cm³/mol. The fourth-order valence-electron chi connectivity index (χ4n) is 3.19. The van der Waals surface area contributed by atoms with Crippen LogP contribution < -0.4 is 0 Å². The molecule has 2 rings (SSSR count). The van der Waals surface area contributed by atoms with E-state index in [2.05, 4.69) is 6.92 Å². The molecule has 0 fully saturated rings. The van der Waals surface area contributed by atoms with Crippen LogP contribution in [0.1, 0.15) is 63.8 Å². The molecule has 0 atom stereocenters. The SMILES string of the molecule is CCCCN(Cc1cccn1Cc1cccc(C(F)(F)F)c1)C(=O)CC(C)(C)C. The summed E-state index contributed by atoms with van der Waals surface area (Å²) in [6.07, 6.45) is -0.131. The summed E-state index contributed by atoms with van der Waals surface area (Å²) in [6, 6.07) is 9.19. The topological polar surface area (TPSA) is 25.2 Å². The van der Waals surface area contributed by atoms with Gasteiger partial charge >= 0.3 is 6.18 Å². The summed E-state index contributed by atoms with van der Waals surface area (Å²) < 4.78 is 40.9. The first kappa shape index (κ1) is 23.0. The van der Waals surface area contributed by atoms with Crippen LogP contribution in [0.25, 0.3) is 0 Å². The van der Waals surface area contributed by atoms with Crippen LogP contribution in [0, 0.1) is 5.41 Å². The predicted octanol–water partition coefficient (Wildman–Crippen LogP) is 6.12. The first-order valence-electron chi connectivity index (χ1n) is 10.1. The second-order valence-corrected chi connectivity index (χ2v) is 8.73. The number of rotatable bonds is 8. The Hall–Kier alpha value is -2.24. The highest BCUT2D eigenvalue weighted by Crippen LogP contribution is 2.30. The van der Waals surface area contributed by atoms with Crippen LogP contribution in [0.5, 0.6) is 0 Å². The van der Waals surface area contributed by atoms with Crippen molar-refractivity contribution in [1.29, 1.82) is 0 Å². The van der Waals surface area contributed by atoms with Crippen molar-refractivity contribution in [2.24, 2.45) is 5.41 Å². The molecule has 3 nitrogen and oxygen atoms in total. The number of nitrogens with zero attached hydrogens (tertiary/aromatic N) is 2. The normalized spacial score (nSPS) is 12.2. The Bertz CT molecular complexity index is 803. The Kier molecular flexibility index (Phi) is 7.55. The maximum atomic E-state index is 13.0. The van der Waals surface area contributed by atoms with Crippen molar-refractivity contribution >= 4 is 5.91 Å². The first-order chi connectivity index (χ1) is 13.5. The number of carbonyl (C=O) groups excluding carboxylic acids is 1. The molecule has 0 aliphatic carbocycles. The van der Waals surface area contributed by atoms with Gasteiger partial charge in [0.1, 0.15) is 0 Å². The molecule has 0 spiro atoms. The highest BCUT2D eigenvalue weighted by Gasteiger charge is 2.30. The zero-order valence-corrected chi connectivity index (χ0v) is 17.7. The van der Waals surface area contributed by atoms with E-state index < -0.39 is 11.7 Å². The lowest BCUT2D eigenvalue weighted by molar-refractivity contribution is -0.137. The summed E-state index contributed by atoms with van der Waals surface area (Å²) in [6.45, 7) is 9.68. The summed E-state index contributed by atoms with van der Waals surface area (Å²) in [7, 11) is 0. The van der Waals surface area contributed by atoms with Crippen LogP contribution in [0.15, 0.2) is 42.6 Å². The summed E-state index contributed by atoms with van der Waals surface area (Å²) in [5, 5.41) is 0. The molecule has 160 valence electrons. The molecule has 0 aliphatic heterocycles. The maximum Gasteiger partial charge on any atom is 0.416 e. The molecule has 2 aromatic rings. The minimum absolute atomic E-state index is 0.0957. The third-order valence-electron chi connectivity index (χ3n) is 4.70. The van der Waals surface area contributed by atoms with Crippen molar-refractivity contribution in [2.75, 3.05) is 6.54 Å². The van der Waals surface area contributed by atoms with Crippen molar-refractivity contribution < 1.29 is 18.0 Å². The van der Waals surface area contributed by atoms with Gasteiger partial charge in [0.05, 0.1) is 12.1 Å². The second-order valence-electron chi connectivity index (χ2n) is 8.73. The molecule has 6 heteroatoms. The fraction of sp³-hybridized carbons (Fsp3) is 0.522. The monoisotopic (exact) mass is 408 g/mol. The largest absolute Gasteiger partial charge is 0.416 e. The minimum Gasteiger partial charge on any atom is -0.345 e. The van der Waals surface area contributed by atoms with E-state index in [1.807, 2.05) is 48.6 Å². The molecular formula is C23H31F3N2O. The van der Waals surface area contributed by atoms with E-state index in [9.17, 15) is 18.0 Å². The number of carbonyl (C=O) groups is 1. The lowest BCUT2D eigenvalue weighted by atomic mass is 9.91. The standard InChI is InChI=1S/C23H31F3N2O/c1-5-6-12-28(21(29)15-22(2,3)4)17-20-11-8-13-27(20)16-18-9-7-10-19(14-18)23(24,25)26/h7-11,13-14H,5-6,12,15-17H2,1-4H3. The maximum absolute atomic E-state index is 13.0. The van der Waals surface area contributed by atoms with Crippen LogP contribution in [-0.4, -0.2) is 21.9 Å². The molecule has 1 aromatic heterocycles. The lowest BCUT2D eigenvalue weighted by Gasteiger charge is -2.27. The number of amides is 1. The third kappa shape index (κ3) is 7.26. The van der Waals surface area contributed by atoms with Crippen molar-refractivity contribution in [2.45, 2.75) is 66.2 Å². The van der Waals surface area contributed by atoms with Gasteiger partial charge in [-0.3, -0.25) is 4.79 Å². The molecule has 0 saturated heterocycles. The summed E-state index contributed by atoms with van der Waals surface area (Å²) in [5.74, 6) is 0.109. The van der Waals surface area contributed by atoms with Gasteiger partial charge in [0.15, 0.2) is 0 Å². The molecule has 1 aromatic carbocycles. The molecule has 1 amide bonds. The zero-order valence-electron chi connectivity index (χ0n) is 17.7. The van der Waals surface area contributed by atoms with Gasteiger partial charge in [0, 0.05) is 31.4 Å². The van der Waals surface area contributed by atoms with Crippen LogP contribution in [0.2, 0.25) is 0 Å². The van der Waals surface area contributed by atoms with Crippen LogP contribution >= 0.6 is 0 Å². The lowest BCUT2D eigenvalue weighted by Crippen LogP contribution is -2.34. The van der Waals surface area contributed by atoms with Gasteiger partial charge in [0.25, 0.3) is 0 Å². The molecule has 0 aliphatic rings. The van der Waals surface area contributed by atoms with Gasteiger partial charge in [-0.05, 0) is 41.7 Å². The van der Waals surface area contributed by atoms with Crippen LogP contribution in [0.3, 0.4) is 0 Å². The zero-order chi connectivity index (χ0) is 21.7. The fourth-order valence-corrected chi connectivity index (χ4v) is 3.19. The summed E-state index contributed by atoms with van der Waals surface area (Å²) in [5.41, 5.74) is 0.759. The van der Waals surface area contributed by atoms with Crippen molar-refractivity contribution in [1.82, 2.24) is 9.47 Å². The first-order valence-corrected chi connectivity index (χ1v) is 10.1. The molecule has 29 heavy (non-hydrogen) atoms. The summed E-state index contributed by atoms with van der Waals surface area (Å²) >= 11 is 0. The molecule has 1 heterocycles. The van der Waals surface area contributed by atoms with Gasteiger partial charge in [-0.25, -0.2) is 0 Å². The average Bonchev–Trinajstić information content (AvgIpc) is 3.03. The van der Waals surface area contributed by atoms with E-state index in [1.54, 1.807) is 6.07 Å². The number of aromatic nitrogens is 1. The van der Waals surface area contributed by atoms with Gasteiger partial charge in [-0.2, -0.15) is 13.2 Å². The molecule has 0 radical (unpaired) electrons. The highest BCUT2D eigenvalue weighted by molar-refractivity contribution is 5.76. The smallest absolute Gasteiger partial charge is 0.345 e. The number of hydrogen-bond donors (Lipinski definition) is 0. The molecule has 0 unspecified atom stereocenters. The Balaban J connectivity index is 2.18. The minimum atomic E-state index is -4.36. The van der Waals surface area contributed by atoms with Gasteiger partial charge in [-0.1, -0.05) is 46.2 Å². The quantitative estimate of drug-likeness (QED) is 0.516. The van der Waals surface area contributed by atoms with Crippen molar-refractivity contribution in [3.63, 3.8) is 0 Å². The van der Waals surface area contributed by atoms with Gasteiger partial charge in [-0.15, -0.1) is 0 Å². The Morgan fingerprint density at radius 3 is 2.45 bits per heavy atom. The number of halogens is 3. The number of unbranched alkanes of at least 4 members (excludes halogenated alkanes) is 1. The average molecular weight is 409 g/mol. The van der Waals surface area contributed by atoms with E-state index in [0.29, 0.717) is 31.6 Å². The van der Waals surface area contributed by atoms with E-state index in [4.69, 9.17) is 0 Å².